The number of pyridine rings is 1. The number of aliphatic carboxylic acids is 1. The quantitative estimate of drug-likeness (QED) is 0.154. The van der Waals surface area contributed by atoms with Crippen molar-refractivity contribution in [2.75, 3.05) is 18.6 Å². The number of nitrogens with zero attached hydrogens (tertiary/aromatic N) is 6. The van der Waals surface area contributed by atoms with Crippen LogP contribution in [0.25, 0.3) is 5.69 Å². The van der Waals surface area contributed by atoms with Gasteiger partial charge in [-0.05, 0) is 0 Å². The van der Waals surface area contributed by atoms with Crippen LogP contribution in [0, 0.1) is 0 Å². The number of β-lactam (4-membered cyclic amide) rings is 1. The van der Waals surface area contributed by atoms with Gasteiger partial charge in [-0.1, -0.05) is 5.16 Å². The van der Waals surface area contributed by atoms with E-state index in [-0.39, 0.29) is 22.2 Å². The Morgan fingerprint density at radius 1 is 1.38 bits per heavy atom. The second-order valence-electron chi connectivity index (χ2n) is 8.01. The Hall–Kier alpha value is -4.24. The zero-order chi connectivity index (χ0) is 26.1. The maximum Gasteiger partial charge on any atom is 0.352 e. The number of nitrogens with one attached hydrogen (secondary N) is 1. The van der Waals surface area contributed by atoms with E-state index in [0.717, 1.165) is 17.0 Å². The molecule has 2 amide bonds. The first-order valence-electron chi connectivity index (χ1n) is 10.9. The standard InChI is InChI=1S/C22H20N8O5S2/c1-35-27-15(14-10-37-22(23)25-14)18(31)26-16-19(32)30-17(21(33)34)12(9-36-20(16)30)8-28-5-2-13(3-6-28)29-7-4-24-11-29/h2-7,10-11,16,20H,8-9H2,1H3,(H3-,23,25,26,31,33,34)/p+1/t16-,20+/m1/s1. The predicted octanol–water partition coefficient (Wildman–Crippen LogP) is -0.0122. The van der Waals surface area contributed by atoms with Gasteiger partial charge >= 0.3 is 5.97 Å². The fourth-order valence-electron chi connectivity index (χ4n) is 4.07. The third-order valence-corrected chi connectivity index (χ3v) is 7.76. The first-order valence-corrected chi connectivity index (χ1v) is 12.8. The summed E-state index contributed by atoms with van der Waals surface area (Å²) in [7, 11) is 1.28. The van der Waals surface area contributed by atoms with Crippen molar-refractivity contribution in [2.24, 2.45) is 5.16 Å². The number of carbonyl (C=O) groups excluding carboxylic acids is 2. The minimum atomic E-state index is -1.20. The Labute approximate surface area is 218 Å². The molecule has 190 valence electrons. The summed E-state index contributed by atoms with van der Waals surface area (Å²) >= 11 is 2.51. The van der Waals surface area contributed by atoms with Crippen LogP contribution in [0.2, 0.25) is 0 Å². The molecule has 15 heteroatoms. The molecule has 0 bridgehead atoms. The molecule has 37 heavy (non-hydrogen) atoms. The minimum Gasteiger partial charge on any atom is -0.477 e. The number of hydrogen-bond donors (Lipinski definition) is 3. The molecular weight excluding hydrogens is 520 g/mol. The summed E-state index contributed by atoms with van der Waals surface area (Å²) in [6, 6.07) is 2.85. The van der Waals surface area contributed by atoms with Gasteiger partial charge < -0.3 is 25.6 Å². The zero-order valence-electron chi connectivity index (χ0n) is 19.3. The molecule has 0 aliphatic carbocycles. The second-order valence-corrected chi connectivity index (χ2v) is 10.0. The lowest BCUT2D eigenvalue weighted by Gasteiger charge is -2.49. The summed E-state index contributed by atoms with van der Waals surface area (Å²) < 4.78 is 3.70. The molecule has 1 fully saturated rings. The van der Waals surface area contributed by atoms with Crippen molar-refractivity contribution in [1.29, 1.82) is 0 Å². The number of nitrogens with two attached hydrogens (primary N) is 1. The number of hydrogen-bond acceptors (Lipinski definition) is 10. The summed E-state index contributed by atoms with van der Waals surface area (Å²) in [5.41, 5.74) is 7.17. The topological polar surface area (TPSA) is 169 Å². The smallest absolute Gasteiger partial charge is 0.352 e. The van der Waals surface area contributed by atoms with Crippen LogP contribution in [0.5, 0.6) is 0 Å². The summed E-state index contributed by atoms with van der Waals surface area (Å²) in [4.78, 5) is 52.1. The van der Waals surface area contributed by atoms with Crippen LogP contribution in [0.4, 0.5) is 5.13 Å². The van der Waals surface area contributed by atoms with Gasteiger partial charge in [0.15, 0.2) is 29.8 Å². The number of rotatable bonds is 8. The van der Waals surface area contributed by atoms with E-state index >= 15 is 0 Å². The molecule has 13 nitrogen and oxygen atoms in total. The van der Waals surface area contributed by atoms with Crippen LogP contribution in [-0.2, 0) is 25.8 Å². The number of oxime groups is 1. The van der Waals surface area contributed by atoms with Crippen LogP contribution in [0.15, 0.2) is 65.1 Å². The highest BCUT2D eigenvalue weighted by Gasteiger charge is 2.54. The van der Waals surface area contributed by atoms with Crippen molar-refractivity contribution < 1.29 is 28.9 Å². The lowest BCUT2D eigenvalue weighted by atomic mass is 10.0. The Morgan fingerprint density at radius 2 is 2.16 bits per heavy atom. The normalized spacial score (nSPS) is 19.3. The van der Waals surface area contributed by atoms with Gasteiger partial charge in [0.05, 0.1) is 12.0 Å². The van der Waals surface area contributed by atoms with Crippen LogP contribution in [0.3, 0.4) is 0 Å². The number of carbonyl (C=O) groups is 3. The number of carboxylic acid groups (broad SMARTS) is 1. The van der Waals surface area contributed by atoms with Gasteiger partial charge in [0.2, 0.25) is 0 Å². The molecule has 0 unspecified atom stereocenters. The average molecular weight is 542 g/mol. The molecule has 2 atom stereocenters. The Balaban J connectivity index is 1.32. The first kappa shape index (κ1) is 24.5. The van der Waals surface area contributed by atoms with Crippen molar-refractivity contribution in [2.45, 2.75) is 18.0 Å². The lowest BCUT2D eigenvalue weighted by molar-refractivity contribution is -0.689. The maximum atomic E-state index is 13.0. The average Bonchev–Trinajstić information content (AvgIpc) is 3.58. The molecule has 3 aromatic heterocycles. The van der Waals surface area contributed by atoms with Gasteiger partial charge in [-0.3, -0.25) is 14.5 Å². The minimum absolute atomic E-state index is 0.0662. The summed E-state index contributed by atoms with van der Waals surface area (Å²) in [6.07, 6.45) is 8.86. The molecule has 2 aliphatic rings. The number of thiazole rings is 1. The van der Waals surface area contributed by atoms with E-state index < -0.39 is 29.2 Å². The largest absolute Gasteiger partial charge is 0.477 e. The maximum absolute atomic E-state index is 13.0. The van der Waals surface area contributed by atoms with Gasteiger partial charge in [0.25, 0.3) is 11.8 Å². The molecule has 0 radical (unpaired) electrons. The molecule has 1 saturated heterocycles. The number of carboxylic acids is 1. The highest BCUT2D eigenvalue weighted by molar-refractivity contribution is 8.00. The van der Waals surface area contributed by atoms with E-state index in [1.807, 2.05) is 39.9 Å². The van der Waals surface area contributed by atoms with Crippen LogP contribution < -0.4 is 15.6 Å². The summed E-state index contributed by atoms with van der Waals surface area (Å²) in [5, 5.41) is 17.5. The zero-order valence-corrected chi connectivity index (χ0v) is 21.0. The van der Waals surface area contributed by atoms with E-state index in [2.05, 4.69) is 20.4 Å². The highest BCUT2D eigenvalue weighted by Crippen LogP contribution is 2.40. The number of aromatic nitrogens is 4. The number of amides is 2. The van der Waals surface area contributed by atoms with E-state index in [4.69, 9.17) is 10.6 Å². The van der Waals surface area contributed by atoms with E-state index in [1.165, 1.54) is 23.8 Å². The number of nitrogen functional groups attached to an aromatic ring is 1. The molecular formula is C22H21N8O5S2+. The number of imidazole rings is 1. The molecule has 0 spiro atoms. The van der Waals surface area contributed by atoms with Crippen LogP contribution in [-0.4, -0.2) is 72.3 Å². The number of anilines is 1. The molecule has 2 aliphatic heterocycles. The summed E-state index contributed by atoms with van der Waals surface area (Å²) in [6.45, 7) is 0.294. The van der Waals surface area contributed by atoms with Gasteiger partial charge in [0.1, 0.15) is 29.9 Å². The van der Waals surface area contributed by atoms with E-state index in [9.17, 15) is 19.5 Å². The molecule has 5 heterocycles. The molecule has 0 saturated carbocycles. The van der Waals surface area contributed by atoms with E-state index in [1.54, 1.807) is 17.9 Å². The Bertz CT molecular complexity index is 1420. The number of thioether (sulfide) groups is 1. The third-order valence-electron chi connectivity index (χ3n) is 5.75. The van der Waals surface area contributed by atoms with Crippen LogP contribution >= 0.6 is 23.1 Å². The van der Waals surface area contributed by atoms with Crippen molar-refractivity contribution in [3.63, 3.8) is 0 Å². The van der Waals surface area contributed by atoms with Crippen molar-refractivity contribution in [3.8, 4) is 5.69 Å². The van der Waals surface area contributed by atoms with Crippen molar-refractivity contribution in [3.05, 3.63) is 65.6 Å². The van der Waals surface area contributed by atoms with Gasteiger partial charge in [-0.25, -0.2) is 19.3 Å². The third kappa shape index (κ3) is 4.65. The van der Waals surface area contributed by atoms with E-state index in [0.29, 0.717) is 17.9 Å². The van der Waals surface area contributed by atoms with Crippen molar-refractivity contribution >= 4 is 51.7 Å². The molecule has 4 N–H and O–H groups in total. The van der Waals surface area contributed by atoms with Gasteiger partial charge in [-0.2, -0.15) is 0 Å². The van der Waals surface area contributed by atoms with Crippen LogP contribution in [0.1, 0.15) is 5.69 Å². The Kier molecular flexibility index (Phi) is 6.62. The molecule has 3 aromatic rings. The fraction of sp³-hybridized carbons (Fsp3) is 0.227. The molecule has 0 aromatic carbocycles. The molecule has 5 rings (SSSR count). The first-order chi connectivity index (χ1) is 17.9. The Morgan fingerprint density at radius 3 is 2.78 bits per heavy atom. The van der Waals surface area contributed by atoms with Gasteiger partial charge in [0, 0.05) is 41.2 Å². The fourth-order valence-corrected chi connectivity index (χ4v) is 5.95. The second kappa shape index (κ2) is 10.0. The van der Waals surface area contributed by atoms with Gasteiger partial charge in [-0.15, -0.1) is 23.1 Å². The van der Waals surface area contributed by atoms with Crippen molar-refractivity contribution in [1.82, 2.24) is 24.8 Å². The SMILES string of the molecule is CON=C(C(=O)N[C@@H]1C(=O)N2C(C(=O)O)=C(C[n+]3ccc(-n4ccnc4)cc3)CS[C@@H]12)c1csc(N)n1. The number of fused-ring (bicyclic) bond motifs is 1. The predicted molar refractivity (Wildman–Crippen MR) is 134 cm³/mol. The monoisotopic (exact) mass is 541 g/mol. The lowest BCUT2D eigenvalue weighted by Crippen LogP contribution is -2.71. The highest BCUT2D eigenvalue weighted by atomic mass is 32.2. The summed E-state index contributed by atoms with van der Waals surface area (Å²) in [5.74, 6) is -2.02.